The summed E-state index contributed by atoms with van der Waals surface area (Å²) in [5.74, 6) is 0.189. The van der Waals surface area contributed by atoms with Crippen LogP contribution >= 0.6 is 11.3 Å². The molecule has 0 aliphatic carbocycles. The highest BCUT2D eigenvalue weighted by Crippen LogP contribution is 2.23. The van der Waals surface area contributed by atoms with Crippen molar-refractivity contribution in [3.8, 4) is 0 Å². The van der Waals surface area contributed by atoms with Crippen LogP contribution in [-0.4, -0.2) is 30.0 Å². The number of nitro groups is 1. The lowest BCUT2D eigenvalue weighted by Crippen LogP contribution is -2.44. The van der Waals surface area contributed by atoms with Gasteiger partial charge in [0.2, 0.25) is 0 Å². The Labute approximate surface area is 115 Å². The minimum atomic E-state index is -0.476. The number of thiophene rings is 1. The summed E-state index contributed by atoms with van der Waals surface area (Å²) in [4.78, 5) is 22.1. The van der Waals surface area contributed by atoms with Crippen molar-refractivity contribution in [2.75, 3.05) is 13.1 Å². The molecule has 19 heavy (non-hydrogen) atoms. The molecule has 1 aliphatic rings. The minimum Gasteiger partial charge on any atom is -0.349 e. The molecule has 7 heteroatoms. The zero-order chi connectivity index (χ0) is 13.8. The number of amides is 1. The molecule has 1 fully saturated rings. The van der Waals surface area contributed by atoms with Crippen LogP contribution in [-0.2, 0) is 0 Å². The highest BCUT2D eigenvalue weighted by Gasteiger charge is 2.23. The average molecular weight is 283 g/mol. The van der Waals surface area contributed by atoms with Gasteiger partial charge in [-0.3, -0.25) is 14.9 Å². The summed E-state index contributed by atoms with van der Waals surface area (Å²) in [6.45, 7) is 3.93. The first kappa shape index (κ1) is 14.0. The van der Waals surface area contributed by atoms with Crippen molar-refractivity contribution in [2.24, 2.45) is 5.92 Å². The van der Waals surface area contributed by atoms with Crippen molar-refractivity contribution in [1.82, 2.24) is 10.6 Å². The van der Waals surface area contributed by atoms with E-state index in [1.165, 1.54) is 11.4 Å². The fourth-order valence-corrected chi connectivity index (χ4v) is 2.96. The van der Waals surface area contributed by atoms with Crippen molar-refractivity contribution in [2.45, 2.75) is 25.8 Å². The van der Waals surface area contributed by atoms with Gasteiger partial charge in [-0.1, -0.05) is 11.3 Å². The van der Waals surface area contributed by atoms with Crippen molar-refractivity contribution in [3.63, 3.8) is 0 Å². The van der Waals surface area contributed by atoms with Crippen LogP contribution in [0.5, 0.6) is 0 Å². The van der Waals surface area contributed by atoms with Gasteiger partial charge in [-0.15, -0.1) is 0 Å². The standard InChI is InChI=1S/C12H17N3O3S/c1-8(9-3-2-4-13-6-9)14-12(16)10-5-11(15(17)18)19-7-10/h5,7-9,13H,2-4,6H2,1H3,(H,14,16). The normalized spacial score (nSPS) is 20.8. The van der Waals surface area contributed by atoms with Crippen molar-refractivity contribution >= 4 is 22.2 Å². The molecule has 0 radical (unpaired) electrons. The average Bonchev–Trinajstić information content (AvgIpc) is 2.89. The lowest BCUT2D eigenvalue weighted by atomic mass is 9.93. The first-order valence-electron chi connectivity index (χ1n) is 6.32. The van der Waals surface area contributed by atoms with Gasteiger partial charge in [-0.05, 0) is 38.8 Å². The van der Waals surface area contributed by atoms with Crippen LogP contribution in [0.1, 0.15) is 30.1 Å². The van der Waals surface area contributed by atoms with E-state index in [1.54, 1.807) is 0 Å². The molecule has 0 aromatic carbocycles. The smallest absolute Gasteiger partial charge is 0.324 e. The quantitative estimate of drug-likeness (QED) is 0.651. The van der Waals surface area contributed by atoms with Gasteiger partial charge < -0.3 is 10.6 Å². The summed E-state index contributed by atoms with van der Waals surface area (Å²) in [5.41, 5.74) is 0.368. The van der Waals surface area contributed by atoms with E-state index in [-0.39, 0.29) is 17.0 Å². The van der Waals surface area contributed by atoms with Gasteiger partial charge >= 0.3 is 5.00 Å². The first-order valence-corrected chi connectivity index (χ1v) is 7.20. The van der Waals surface area contributed by atoms with Crippen LogP contribution in [0.3, 0.4) is 0 Å². The van der Waals surface area contributed by atoms with E-state index in [2.05, 4.69) is 10.6 Å². The van der Waals surface area contributed by atoms with Gasteiger partial charge in [0.25, 0.3) is 5.91 Å². The maximum Gasteiger partial charge on any atom is 0.324 e. The first-order chi connectivity index (χ1) is 9.08. The maximum atomic E-state index is 12.0. The lowest BCUT2D eigenvalue weighted by molar-refractivity contribution is -0.380. The predicted octanol–water partition coefficient (Wildman–Crippen LogP) is 1.77. The van der Waals surface area contributed by atoms with Crippen LogP contribution in [0, 0.1) is 16.0 Å². The monoisotopic (exact) mass is 283 g/mol. The SMILES string of the molecule is CC(NC(=O)c1csc([N+](=O)[O-])c1)C1CCCNC1. The minimum absolute atomic E-state index is 0.00265. The highest BCUT2D eigenvalue weighted by atomic mass is 32.1. The summed E-state index contributed by atoms with van der Waals surface area (Å²) in [7, 11) is 0. The molecule has 0 saturated carbocycles. The number of carbonyl (C=O) groups is 1. The zero-order valence-electron chi connectivity index (χ0n) is 10.7. The van der Waals surface area contributed by atoms with Crippen LogP contribution in [0.4, 0.5) is 5.00 Å². The fraction of sp³-hybridized carbons (Fsp3) is 0.583. The van der Waals surface area contributed by atoms with Crippen LogP contribution in [0.2, 0.25) is 0 Å². The zero-order valence-corrected chi connectivity index (χ0v) is 11.5. The third-order valence-electron chi connectivity index (χ3n) is 3.43. The second-order valence-corrected chi connectivity index (χ2v) is 5.69. The Morgan fingerprint density at radius 3 is 3.05 bits per heavy atom. The van der Waals surface area contributed by atoms with E-state index < -0.39 is 4.92 Å². The number of hydrogen-bond donors (Lipinski definition) is 2. The summed E-state index contributed by atoms with van der Waals surface area (Å²) < 4.78 is 0. The topological polar surface area (TPSA) is 84.3 Å². The molecule has 104 valence electrons. The summed E-state index contributed by atoms with van der Waals surface area (Å²) in [6.07, 6.45) is 2.22. The molecule has 1 aromatic heterocycles. The van der Waals surface area contributed by atoms with E-state index in [1.807, 2.05) is 6.92 Å². The number of piperidine rings is 1. The van der Waals surface area contributed by atoms with E-state index in [0.29, 0.717) is 11.5 Å². The molecule has 2 heterocycles. The van der Waals surface area contributed by atoms with E-state index in [4.69, 9.17) is 0 Å². The van der Waals surface area contributed by atoms with E-state index >= 15 is 0 Å². The second-order valence-electron chi connectivity index (χ2n) is 4.80. The van der Waals surface area contributed by atoms with E-state index in [9.17, 15) is 14.9 Å². The van der Waals surface area contributed by atoms with Gasteiger partial charge in [0.1, 0.15) is 0 Å². The fourth-order valence-electron chi connectivity index (χ4n) is 2.25. The molecule has 2 rings (SSSR count). The Bertz CT molecular complexity index is 469. The molecule has 1 aromatic rings. The van der Waals surface area contributed by atoms with Gasteiger partial charge in [0, 0.05) is 17.5 Å². The molecule has 2 unspecified atom stereocenters. The number of rotatable bonds is 4. The third-order valence-corrected chi connectivity index (χ3v) is 4.31. The highest BCUT2D eigenvalue weighted by molar-refractivity contribution is 7.13. The molecule has 6 nitrogen and oxygen atoms in total. The van der Waals surface area contributed by atoms with Gasteiger partial charge in [-0.25, -0.2) is 0 Å². The molecule has 0 spiro atoms. The predicted molar refractivity (Wildman–Crippen MR) is 73.5 cm³/mol. The molecule has 0 bridgehead atoms. The second kappa shape index (κ2) is 6.12. The van der Waals surface area contributed by atoms with Crippen LogP contribution in [0.15, 0.2) is 11.4 Å². The Morgan fingerprint density at radius 1 is 1.68 bits per heavy atom. The Kier molecular flexibility index (Phi) is 4.49. The maximum absolute atomic E-state index is 12.0. The van der Waals surface area contributed by atoms with Crippen molar-refractivity contribution in [1.29, 1.82) is 0 Å². The largest absolute Gasteiger partial charge is 0.349 e. The lowest BCUT2D eigenvalue weighted by Gasteiger charge is -2.28. The third kappa shape index (κ3) is 3.51. The summed E-state index contributed by atoms with van der Waals surface area (Å²) in [5, 5.41) is 18.3. The number of nitrogens with zero attached hydrogens (tertiary/aromatic N) is 1. The summed E-state index contributed by atoms with van der Waals surface area (Å²) in [6, 6.07) is 1.39. The van der Waals surface area contributed by atoms with Crippen LogP contribution < -0.4 is 10.6 Å². The Balaban J connectivity index is 1.93. The van der Waals surface area contributed by atoms with Gasteiger partial charge in [-0.2, -0.15) is 0 Å². The van der Waals surface area contributed by atoms with Crippen molar-refractivity contribution < 1.29 is 9.72 Å². The molecule has 1 aliphatic heterocycles. The molecule has 1 amide bonds. The molecular weight excluding hydrogens is 266 g/mol. The Morgan fingerprint density at radius 2 is 2.47 bits per heavy atom. The van der Waals surface area contributed by atoms with Crippen molar-refractivity contribution in [3.05, 3.63) is 27.1 Å². The van der Waals surface area contributed by atoms with E-state index in [0.717, 1.165) is 37.3 Å². The molecule has 2 atom stereocenters. The summed E-state index contributed by atoms with van der Waals surface area (Å²) >= 11 is 0.976. The van der Waals surface area contributed by atoms with Gasteiger partial charge in [0.05, 0.1) is 10.5 Å². The molecular formula is C12H17N3O3S. The number of hydrogen-bond acceptors (Lipinski definition) is 5. The van der Waals surface area contributed by atoms with Gasteiger partial charge in [0.15, 0.2) is 0 Å². The molecule has 1 saturated heterocycles. The van der Waals surface area contributed by atoms with Crippen LogP contribution in [0.25, 0.3) is 0 Å². The Hall–Kier alpha value is -1.47. The number of carbonyl (C=O) groups excluding carboxylic acids is 1. The molecule has 2 N–H and O–H groups in total. The number of nitrogens with one attached hydrogen (secondary N) is 2.